The van der Waals surface area contributed by atoms with Gasteiger partial charge in [-0.25, -0.2) is 4.79 Å². The molecule has 2 heterocycles. The summed E-state index contributed by atoms with van der Waals surface area (Å²) in [5.74, 6) is -0.499. The molecule has 3 atom stereocenters. The Labute approximate surface area is 224 Å². The predicted octanol–water partition coefficient (Wildman–Crippen LogP) is 3.57. The highest BCUT2D eigenvalue weighted by Crippen LogP contribution is 2.40. The summed E-state index contributed by atoms with van der Waals surface area (Å²) >= 11 is 0. The fourth-order valence-corrected chi connectivity index (χ4v) is 5.20. The number of carbonyl (C=O) groups is 2. The highest BCUT2D eigenvalue weighted by atomic mass is 16.7. The number of methoxy groups -OCH3 is 1. The van der Waals surface area contributed by atoms with E-state index in [4.69, 9.17) is 14.2 Å². The highest BCUT2D eigenvalue weighted by molar-refractivity contribution is 5.92. The molecule has 8 nitrogen and oxygen atoms in total. The molecule has 38 heavy (non-hydrogen) atoms. The van der Waals surface area contributed by atoms with E-state index in [1.807, 2.05) is 48.2 Å². The van der Waals surface area contributed by atoms with E-state index >= 15 is 0 Å². The standard InChI is InChI=1S/C30H38N2O6/c1-3-37-30-25(10-7-19-33)26(23-11-13-24(14-12-23)29(35)36-2)20-27(38-30)28(34)32-17-15-31(16-18-32)21-22-8-5-4-6-9-22/h4-6,8-9,11-14,20,25-26,30,33H,3,7,10,15-19,21H2,1-2H3/t25-,26-,30-/m1/s1. The molecular weight excluding hydrogens is 484 g/mol. The molecule has 0 aromatic heterocycles. The Bertz CT molecular complexity index is 1080. The van der Waals surface area contributed by atoms with Gasteiger partial charge in [0.15, 0.2) is 5.76 Å². The van der Waals surface area contributed by atoms with E-state index in [9.17, 15) is 14.7 Å². The van der Waals surface area contributed by atoms with Gasteiger partial charge < -0.3 is 24.2 Å². The van der Waals surface area contributed by atoms with Crippen LogP contribution in [0.4, 0.5) is 0 Å². The van der Waals surface area contributed by atoms with Crippen molar-refractivity contribution in [2.45, 2.75) is 38.5 Å². The number of hydrogen-bond acceptors (Lipinski definition) is 7. The van der Waals surface area contributed by atoms with Gasteiger partial charge in [0.1, 0.15) is 0 Å². The summed E-state index contributed by atoms with van der Waals surface area (Å²) in [6.07, 6.45) is 2.54. The number of esters is 1. The van der Waals surface area contributed by atoms with Crippen molar-refractivity contribution >= 4 is 11.9 Å². The molecule has 0 aliphatic carbocycles. The van der Waals surface area contributed by atoms with Crippen molar-refractivity contribution < 1.29 is 28.9 Å². The van der Waals surface area contributed by atoms with E-state index in [1.54, 1.807) is 12.1 Å². The first-order chi connectivity index (χ1) is 18.5. The second-order valence-corrected chi connectivity index (χ2v) is 9.70. The summed E-state index contributed by atoms with van der Waals surface area (Å²) in [5.41, 5.74) is 2.68. The van der Waals surface area contributed by atoms with Crippen LogP contribution in [0.3, 0.4) is 0 Å². The number of aliphatic hydroxyl groups excluding tert-OH is 1. The lowest BCUT2D eigenvalue weighted by Gasteiger charge is -2.39. The quantitative estimate of drug-likeness (QED) is 0.478. The minimum Gasteiger partial charge on any atom is -0.465 e. The van der Waals surface area contributed by atoms with Gasteiger partial charge in [0.05, 0.1) is 12.7 Å². The average molecular weight is 523 g/mol. The number of allylic oxidation sites excluding steroid dienone is 1. The molecule has 0 spiro atoms. The Morgan fingerprint density at radius 1 is 1.03 bits per heavy atom. The van der Waals surface area contributed by atoms with Crippen LogP contribution < -0.4 is 0 Å². The number of piperazine rings is 1. The molecule has 0 radical (unpaired) electrons. The first-order valence-electron chi connectivity index (χ1n) is 13.4. The van der Waals surface area contributed by atoms with E-state index < -0.39 is 12.3 Å². The molecule has 4 rings (SSSR count). The van der Waals surface area contributed by atoms with Crippen molar-refractivity contribution in [2.75, 3.05) is 46.5 Å². The SMILES string of the molecule is CCO[C@@H]1OC(C(=O)N2CCN(Cc3ccccc3)CC2)=C[C@H](c2ccc(C(=O)OC)cc2)[C@H]1CCCO. The summed E-state index contributed by atoms with van der Waals surface area (Å²) in [4.78, 5) is 29.7. The number of nitrogens with zero attached hydrogens (tertiary/aromatic N) is 2. The number of carbonyl (C=O) groups excluding carboxylic acids is 2. The molecule has 2 aromatic carbocycles. The maximum absolute atomic E-state index is 13.6. The van der Waals surface area contributed by atoms with Gasteiger partial charge in [0, 0.05) is 57.8 Å². The molecule has 0 unspecified atom stereocenters. The molecule has 1 fully saturated rings. The maximum Gasteiger partial charge on any atom is 0.337 e. The monoisotopic (exact) mass is 522 g/mol. The van der Waals surface area contributed by atoms with Crippen LogP contribution in [0.25, 0.3) is 0 Å². The largest absolute Gasteiger partial charge is 0.465 e. The normalized spacial score (nSPS) is 21.9. The Morgan fingerprint density at radius 2 is 1.74 bits per heavy atom. The van der Waals surface area contributed by atoms with Gasteiger partial charge in [0.25, 0.3) is 5.91 Å². The van der Waals surface area contributed by atoms with Crippen molar-refractivity contribution in [1.82, 2.24) is 9.80 Å². The molecule has 8 heteroatoms. The van der Waals surface area contributed by atoms with Gasteiger partial charge in [0.2, 0.25) is 6.29 Å². The summed E-state index contributed by atoms with van der Waals surface area (Å²) in [6.45, 7) is 6.10. The third-order valence-corrected chi connectivity index (χ3v) is 7.25. The van der Waals surface area contributed by atoms with Gasteiger partial charge in [-0.05, 0) is 49.1 Å². The van der Waals surface area contributed by atoms with Crippen LogP contribution in [0.1, 0.15) is 47.2 Å². The molecule has 0 bridgehead atoms. The topological polar surface area (TPSA) is 88.5 Å². The van der Waals surface area contributed by atoms with Crippen molar-refractivity contribution in [2.24, 2.45) is 5.92 Å². The third-order valence-electron chi connectivity index (χ3n) is 7.25. The predicted molar refractivity (Wildman–Crippen MR) is 143 cm³/mol. The zero-order chi connectivity index (χ0) is 26.9. The number of amides is 1. The molecule has 1 N–H and O–H groups in total. The lowest BCUT2D eigenvalue weighted by atomic mass is 9.80. The Morgan fingerprint density at radius 3 is 2.37 bits per heavy atom. The second kappa shape index (κ2) is 13.6. The van der Waals surface area contributed by atoms with Crippen LogP contribution >= 0.6 is 0 Å². The van der Waals surface area contributed by atoms with Crippen molar-refractivity contribution in [3.05, 3.63) is 83.1 Å². The van der Waals surface area contributed by atoms with Crippen LogP contribution in [0.5, 0.6) is 0 Å². The Balaban J connectivity index is 1.52. The maximum atomic E-state index is 13.6. The molecule has 2 aliphatic rings. The second-order valence-electron chi connectivity index (χ2n) is 9.70. The van der Waals surface area contributed by atoms with Gasteiger partial charge in [-0.2, -0.15) is 0 Å². The van der Waals surface area contributed by atoms with Crippen LogP contribution in [0.2, 0.25) is 0 Å². The molecule has 2 aliphatic heterocycles. The Hall–Kier alpha value is -3.20. The van der Waals surface area contributed by atoms with Crippen molar-refractivity contribution in [3.63, 3.8) is 0 Å². The van der Waals surface area contributed by atoms with Crippen molar-refractivity contribution in [3.8, 4) is 0 Å². The van der Waals surface area contributed by atoms with Crippen molar-refractivity contribution in [1.29, 1.82) is 0 Å². The number of rotatable bonds is 10. The van der Waals surface area contributed by atoms with E-state index in [-0.39, 0.29) is 24.3 Å². The lowest BCUT2D eigenvalue weighted by Crippen LogP contribution is -2.49. The third kappa shape index (κ3) is 6.81. The summed E-state index contributed by atoms with van der Waals surface area (Å²) in [6, 6.07) is 17.6. The first-order valence-corrected chi connectivity index (χ1v) is 13.4. The molecule has 0 saturated carbocycles. The summed E-state index contributed by atoms with van der Waals surface area (Å²) in [5, 5.41) is 9.51. The highest BCUT2D eigenvalue weighted by Gasteiger charge is 2.39. The smallest absolute Gasteiger partial charge is 0.337 e. The minimum absolute atomic E-state index is 0.0616. The molecular formula is C30H38N2O6. The zero-order valence-corrected chi connectivity index (χ0v) is 22.3. The average Bonchev–Trinajstić information content (AvgIpc) is 2.96. The molecule has 2 aromatic rings. The number of hydrogen-bond donors (Lipinski definition) is 1. The molecule has 204 valence electrons. The first kappa shape index (κ1) is 27.8. The Kier molecular flexibility index (Phi) is 9.92. The van der Waals surface area contributed by atoms with Gasteiger partial charge >= 0.3 is 5.97 Å². The molecule has 1 amide bonds. The number of benzene rings is 2. The molecule has 1 saturated heterocycles. The van der Waals surface area contributed by atoms with E-state index in [1.165, 1.54) is 12.7 Å². The summed E-state index contributed by atoms with van der Waals surface area (Å²) < 4.78 is 17.0. The van der Waals surface area contributed by atoms with E-state index in [0.29, 0.717) is 43.9 Å². The summed E-state index contributed by atoms with van der Waals surface area (Å²) in [7, 11) is 1.36. The van der Waals surface area contributed by atoms with Gasteiger partial charge in [-0.15, -0.1) is 0 Å². The van der Waals surface area contributed by atoms with E-state index in [2.05, 4.69) is 17.0 Å². The number of aliphatic hydroxyl groups is 1. The van der Waals surface area contributed by atoms with Gasteiger partial charge in [-0.1, -0.05) is 42.5 Å². The fraction of sp³-hybridized carbons (Fsp3) is 0.467. The minimum atomic E-state index is -0.611. The fourth-order valence-electron chi connectivity index (χ4n) is 5.20. The number of ether oxygens (including phenoxy) is 3. The van der Waals surface area contributed by atoms with Crippen LogP contribution in [0, 0.1) is 5.92 Å². The van der Waals surface area contributed by atoms with E-state index in [0.717, 1.165) is 25.2 Å². The van der Waals surface area contributed by atoms with Gasteiger partial charge in [-0.3, -0.25) is 9.69 Å². The van der Waals surface area contributed by atoms with Crippen LogP contribution in [0.15, 0.2) is 66.4 Å². The van der Waals surface area contributed by atoms with Crippen LogP contribution in [-0.2, 0) is 25.5 Å². The van der Waals surface area contributed by atoms with Crippen LogP contribution in [-0.4, -0.2) is 79.6 Å². The lowest BCUT2D eigenvalue weighted by molar-refractivity contribution is -0.171. The zero-order valence-electron chi connectivity index (χ0n) is 22.3.